The molecule has 2 aliphatic heterocycles. The number of hydrogen-bond acceptors (Lipinski definition) is 7. The van der Waals surface area contributed by atoms with Gasteiger partial charge < -0.3 is 28.6 Å². The third-order valence-electron chi connectivity index (χ3n) is 5.65. The molecule has 180 valence electrons. The average molecular weight is 488 g/mol. The standard InChI is InChI=1S/C25H26ClNO7/c1-30-20-12-17-6-7-27(14-18(17)13-21(20)31-2)23(28)15-34-24(29)5-4-16-10-19(26)25-22(11-16)32-8-3-9-33-25/h4-5,10-13H,3,6-9,14-15H2,1-2H3/b5-4+. The summed E-state index contributed by atoms with van der Waals surface area (Å²) < 4.78 is 27.1. The fraction of sp³-hybridized carbons (Fsp3) is 0.360. The summed E-state index contributed by atoms with van der Waals surface area (Å²) in [5.41, 5.74) is 2.75. The van der Waals surface area contributed by atoms with E-state index in [1.807, 2.05) is 12.1 Å². The van der Waals surface area contributed by atoms with Gasteiger partial charge in [0.25, 0.3) is 5.91 Å². The van der Waals surface area contributed by atoms with E-state index < -0.39 is 5.97 Å². The minimum Gasteiger partial charge on any atom is -0.493 e. The number of methoxy groups -OCH3 is 2. The summed E-state index contributed by atoms with van der Waals surface area (Å²) in [6.07, 6.45) is 4.26. The van der Waals surface area contributed by atoms with Crippen LogP contribution in [0.2, 0.25) is 5.02 Å². The molecule has 0 spiro atoms. The Morgan fingerprint density at radius 3 is 2.56 bits per heavy atom. The molecule has 0 aliphatic carbocycles. The molecule has 0 saturated carbocycles. The molecule has 0 aromatic heterocycles. The van der Waals surface area contributed by atoms with E-state index in [1.165, 1.54) is 6.08 Å². The molecule has 9 heteroatoms. The lowest BCUT2D eigenvalue weighted by molar-refractivity contribution is -0.148. The number of fused-ring (bicyclic) bond motifs is 2. The molecule has 0 unspecified atom stereocenters. The summed E-state index contributed by atoms with van der Waals surface area (Å²) in [6, 6.07) is 7.24. The van der Waals surface area contributed by atoms with Crippen LogP contribution in [0, 0.1) is 0 Å². The van der Waals surface area contributed by atoms with Crippen LogP contribution >= 0.6 is 11.6 Å². The Kier molecular flexibility index (Phi) is 7.47. The van der Waals surface area contributed by atoms with Gasteiger partial charge in [0.05, 0.1) is 32.5 Å². The van der Waals surface area contributed by atoms with Gasteiger partial charge in [0.1, 0.15) is 0 Å². The monoisotopic (exact) mass is 487 g/mol. The SMILES string of the molecule is COc1cc2c(cc1OC)CN(C(=O)COC(=O)/C=C/c1cc(Cl)c3c(c1)OCCCO3)CC2. The lowest BCUT2D eigenvalue weighted by atomic mass is 9.99. The molecule has 0 fully saturated rings. The molecular formula is C25H26ClNO7. The van der Waals surface area contributed by atoms with Crippen molar-refractivity contribution in [3.8, 4) is 23.0 Å². The van der Waals surface area contributed by atoms with Gasteiger partial charge in [-0.15, -0.1) is 0 Å². The van der Waals surface area contributed by atoms with Gasteiger partial charge in [-0.05, 0) is 53.5 Å². The molecule has 2 aromatic carbocycles. The van der Waals surface area contributed by atoms with E-state index in [1.54, 1.807) is 37.3 Å². The molecule has 0 saturated heterocycles. The van der Waals surface area contributed by atoms with Crippen LogP contribution in [0.3, 0.4) is 0 Å². The van der Waals surface area contributed by atoms with Crippen molar-refractivity contribution in [1.29, 1.82) is 0 Å². The maximum Gasteiger partial charge on any atom is 0.331 e. The summed E-state index contributed by atoms with van der Waals surface area (Å²) in [4.78, 5) is 26.5. The summed E-state index contributed by atoms with van der Waals surface area (Å²) in [5, 5.41) is 0.405. The highest BCUT2D eigenvalue weighted by atomic mass is 35.5. The van der Waals surface area contributed by atoms with Crippen LogP contribution in [0.5, 0.6) is 23.0 Å². The van der Waals surface area contributed by atoms with E-state index >= 15 is 0 Å². The number of rotatable bonds is 6. The first-order chi connectivity index (χ1) is 16.5. The number of carbonyl (C=O) groups excluding carboxylic acids is 2. The van der Waals surface area contributed by atoms with Crippen LogP contribution < -0.4 is 18.9 Å². The summed E-state index contributed by atoms with van der Waals surface area (Å²) >= 11 is 6.28. The fourth-order valence-electron chi connectivity index (χ4n) is 3.88. The van der Waals surface area contributed by atoms with Crippen molar-refractivity contribution < 1.29 is 33.3 Å². The topological polar surface area (TPSA) is 83.5 Å². The molecule has 2 heterocycles. The van der Waals surface area contributed by atoms with E-state index in [9.17, 15) is 9.59 Å². The van der Waals surface area contributed by atoms with Gasteiger partial charge in [0, 0.05) is 25.6 Å². The first kappa shape index (κ1) is 23.8. The van der Waals surface area contributed by atoms with E-state index in [-0.39, 0.29) is 12.5 Å². The van der Waals surface area contributed by atoms with Crippen molar-refractivity contribution in [1.82, 2.24) is 4.90 Å². The van der Waals surface area contributed by atoms with Crippen molar-refractivity contribution >= 4 is 29.6 Å². The second-order valence-electron chi connectivity index (χ2n) is 7.86. The number of carbonyl (C=O) groups is 2. The Hall–Kier alpha value is -3.39. The second kappa shape index (κ2) is 10.7. The molecule has 0 N–H and O–H groups in total. The quantitative estimate of drug-likeness (QED) is 0.454. The molecule has 1 amide bonds. The van der Waals surface area contributed by atoms with Crippen molar-refractivity contribution in [3.05, 3.63) is 52.1 Å². The number of halogens is 1. The fourth-order valence-corrected chi connectivity index (χ4v) is 4.15. The Balaban J connectivity index is 1.33. The molecule has 8 nitrogen and oxygen atoms in total. The van der Waals surface area contributed by atoms with Crippen LogP contribution in [0.4, 0.5) is 0 Å². The molecule has 2 aliphatic rings. The van der Waals surface area contributed by atoms with E-state index in [0.29, 0.717) is 66.3 Å². The number of amides is 1. The van der Waals surface area contributed by atoms with Gasteiger partial charge >= 0.3 is 5.97 Å². The zero-order valence-electron chi connectivity index (χ0n) is 19.1. The molecular weight excluding hydrogens is 462 g/mol. The second-order valence-corrected chi connectivity index (χ2v) is 8.27. The summed E-state index contributed by atoms with van der Waals surface area (Å²) in [6.45, 7) is 1.67. The maximum absolute atomic E-state index is 12.6. The highest BCUT2D eigenvalue weighted by Crippen LogP contribution is 2.38. The van der Waals surface area contributed by atoms with Crippen LogP contribution in [0.1, 0.15) is 23.1 Å². The molecule has 0 bridgehead atoms. The van der Waals surface area contributed by atoms with Gasteiger partial charge in [0.15, 0.2) is 29.6 Å². The van der Waals surface area contributed by atoms with Crippen LogP contribution in [-0.2, 0) is 27.3 Å². The van der Waals surface area contributed by atoms with E-state index in [2.05, 4.69) is 0 Å². The smallest absolute Gasteiger partial charge is 0.331 e. The number of esters is 1. The summed E-state index contributed by atoms with van der Waals surface area (Å²) in [7, 11) is 3.17. The minimum atomic E-state index is -0.625. The zero-order chi connectivity index (χ0) is 24.1. The van der Waals surface area contributed by atoms with Gasteiger partial charge in [-0.2, -0.15) is 0 Å². The highest BCUT2D eigenvalue weighted by molar-refractivity contribution is 6.32. The Morgan fingerprint density at radius 1 is 1.06 bits per heavy atom. The van der Waals surface area contributed by atoms with E-state index in [4.69, 9.17) is 35.3 Å². The number of nitrogens with zero attached hydrogens (tertiary/aromatic N) is 1. The lowest BCUT2D eigenvalue weighted by Crippen LogP contribution is -2.38. The molecule has 0 atom stereocenters. The van der Waals surface area contributed by atoms with Gasteiger partial charge in [0.2, 0.25) is 0 Å². The third kappa shape index (κ3) is 5.39. The van der Waals surface area contributed by atoms with Crippen LogP contribution in [0.25, 0.3) is 6.08 Å². The van der Waals surface area contributed by atoms with Crippen LogP contribution in [-0.4, -0.2) is 57.4 Å². The maximum atomic E-state index is 12.6. The Morgan fingerprint density at radius 2 is 1.79 bits per heavy atom. The first-order valence-corrected chi connectivity index (χ1v) is 11.3. The normalized spacial score (nSPS) is 14.9. The molecule has 0 radical (unpaired) electrons. The largest absolute Gasteiger partial charge is 0.493 e. The molecule has 4 rings (SSSR count). The molecule has 2 aromatic rings. The van der Waals surface area contributed by atoms with Gasteiger partial charge in [-0.3, -0.25) is 4.79 Å². The minimum absolute atomic E-state index is 0.263. The summed E-state index contributed by atoms with van der Waals surface area (Å²) in [5.74, 6) is 1.43. The van der Waals surface area contributed by atoms with Gasteiger partial charge in [-0.1, -0.05) is 11.6 Å². The van der Waals surface area contributed by atoms with Crippen molar-refractivity contribution in [2.75, 3.05) is 40.6 Å². The number of ether oxygens (including phenoxy) is 5. The van der Waals surface area contributed by atoms with Crippen LogP contribution in [0.15, 0.2) is 30.3 Å². The first-order valence-electron chi connectivity index (χ1n) is 10.9. The predicted molar refractivity (Wildman–Crippen MR) is 126 cm³/mol. The van der Waals surface area contributed by atoms with E-state index in [0.717, 1.165) is 17.5 Å². The predicted octanol–water partition coefficient (Wildman–Crippen LogP) is 3.66. The van der Waals surface area contributed by atoms with Crippen molar-refractivity contribution in [2.45, 2.75) is 19.4 Å². The van der Waals surface area contributed by atoms with Crippen molar-refractivity contribution in [3.63, 3.8) is 0 Å². The Labute approximate surface area is 202 Å². The third-order valence-corrected chi connectivity index (χ3v) is 5.93. The highest BCUT2D eigenvalue weighted by Gasteiger charge is 2.23. The number of benzene rings is 2. The Bertz CT molecular complexity index is 1110. The average Bonchev–Trinajstić information content (AvgIpc) is 3.10. The molecule has 34 heavy (non-hydrogen) atoms. The number of hydrogen-bond donors (Lipinski definition) is 0. The van der Waals surface area contributed by atoms with Gasteiger partial charge in [-0.25, -0.2) is 4.79 Å². The lowest BCUT2D eigenvalue weighted by Gasteiger charge is -2.29. The zero-order valence-corrected chi connectivity index (χ0v) is 19.9. The van der Waals surface area contributed by atoms with Crippen molar-refractivity contribution in [2.24, 2.45) is 0 Å².